The van der Waals surface area contributed by atoms with Crippen LogP contribution in [0.2, 0.25) is 0 Å². The lowest BCUT2D eigenvalue weighted by Gasteiger charge is -2.31. The minimum absolute atomic E-state index is 0.181. The number of carbonyl (C=O) groups is 3. The molecule has 1 fully saturated rings. The molecule has 1 aromatic rings. The second-order valence-electron chi connectivity index (χ2n) is 7.48. The maximum absolute atomic E-state index is 13.0. The quantitative estimate of drug-likeness (QED) is 0.604. The van der Waals surface area contributed by atoms with Crippen LogP contribution in [-0.4, -0.2) is 61.7 Å². The van der Waals surface area contributed by atoms with Crippen LogP contribution in [0.4, 0.5) is 0 Å². The Kier molecular flexibility index (Phi) is 7.48. The zero-order valence-electron chi connectivity index (χ0n) is 16.4. The number of carboxylic acids is 1. The highest BCUT2D eigenvalue weighted by atomic mass is 32.2. The number of carboxylic acid groups (broad SMARTS) is 1. The fourth-order valence-corrected chi connectivity index (χ4v) is 4.48. The molecule has 28 heavy (non-hydrogen) atoms. The molecule has 1 aliphatic heterocycles. The lowest BCUT2D eigenvalue weighted by molar-refractivity contribution is -0.154. The molecule has 8 heteroatoms. The summed E-state index contributed by atoms with van der Waals surface area (Å²) in [4.78, 5) is 38.0. The molecule has 0 saturated carbocycles. The molecular weight excluding hydrogens is 380 g/mol. The number of aliphatic hydroxyl groups is 1. The number of hydrogen-bond donors (Lipinski definition) is 3. The Balaban J connectivity index is 2.22. The molecule has 0 bridgehead atoms. The van der Waals surface area contributed by atoms with Crippen LogP contribution in [-0.2, 0) is 20.8 Å². The molecule has 7 nitrogen and oxygen atoms in total. The normalized spacial score (nSPS) is 20.4. The van der Waals surface area contributed by atoms with Crippen LogP contribution >= 0.6 is 11.8 Å². The Morgan fingerprint density at radius 3 is 2.50 bits per heavy atom. The van der Waals surface area contributed by atoms with Gasteiger partial charge in [-0.2, -0.15) is 0 Å². The average molecular weight is 409 g/mol. The van der Waals surface area contributed by atoms with E-state index in [2.05, 4.69) is 5.32 Å². The van der Waals surface area contributed by atoms with E-state index in [1.54, 1.807) is 13.8 Å². The van der Waals surface area contributed by atoms with Gasteiger partial charge >= 0.3 is 5.97 Å². The Labute approximate surface area is 169 Å². The van der Waals surface area contributed by atoms with E-state index in [1.807, 2.05) is 37.3 Å². The van der Waals surface area contributed by atoms with Gasteiger partial charge in [0.2, 0.25) is 5.91 Å². The molecule has 1 saturated heterocycles. The first kappa shape index (κ1) is 22.2. The second-order valence-corrected chi connectivity index (χ2v) is 9.08. The van der Waals surface area contributed by atoms with Gasteiger partial charge in [-0.1, -0.05) is 37.3 Å². The number of benzene rings is 1. The minimum atomic E-state index is -1.53. The van der Waals surface area contributed by atoms with E-state index in [4.69, 9.17) is 0 Å². The van der Waals surface area contributed by atoms with Crippen LogP contribution in [0.3, 0.4) is 0 Å². The van der Waals surface area contributed by atoms with Gasteiger partial charge in [0.05, 0.1) is 11.9 Å². The summed E-state index contributed by atoms with van der Waals surface area (Å²) in [5.74, 6) is -1.85. The lowest BCUT2D eigenvalue weighted by Crippen LogP contribution is -2.56. The zero-order valence-corrected chi connectivity index (χ0v) is 17.2. The predicted molar refractivity (Wildman–Crippen MR) is 108 cm³/mol. The monoisotopic (exact) mass is 408 g/mol. The van der Waals surface area contributed by atoms with Gasteiger partial charge in [-0.3, -0.25) is 9.59 Å². The molecular formula is C20H28N2O5S. The van der Waals surface area contributed by atoms with Crippen molar-refractivity contribution in [1.82, 2.24) is 10.2 Å². The van der Waals surface area contributed by atoms with Crippen LogP contribution in [0, 0.1) is 0 Å². The molecule has 0 aromatic heterocycles. The maximum Gasteiger partial charge on any atom is 0.327 e. The number of rotatable bonds is 8. The van der Waals surface area contributed by atoms with Gasteiger partial charge in [0.15, 0.2) is 6.10 Å². The summed E-state index contributed by atoms with van der Waals surface area (Å²) < 4.78 is -0.665. The summed E-state index contributed by atoms with van der Waals surface area (Å²) in [6.07, 6.45) is -0.328. The van der Waals surface area contributed by atoms with E-state index < -0.39 is 34.8 Å². The number of nitrogens with one attached hydrogen (secondary N) is 1. The lowest BCUT2D eigenvalue weighted by atomic mass is 9.97. The highest BCUT2D eigenvalue weighted by Gasteiger charge is 2.50. The zero-order chi connectivity index (χ0) is 20.9. The summed E-state index contributed by atoms with van der Waals surface area (Å²) in [6, 6.07) is 7.37. The molecule has 1 aromatic carbocycles. The molecule has 0 unspecified atom stereocenters. The largest absolute Gasteiger partial charge is 0.480 e. The van der Waals surface area contributed by atoms with Crippen molar-refractivity contribution in [3.63, 3.8) is 0 Å². The standard InChI is InChI=1S/C20H28N2O5S/c1-4-8-15(23)21-14(11-13-9-6-5-7-10-13)16(24)18(25)22-12-28-20(2,3)17(22)19(26)27/h5-7,9-10,14,16-17,24H,4,8,11-12H2,1-3H3,(H,21,23)(H,26,27)/t14-,16-,17+/m0/s1. The van der Waals surface area contributed by atoms with E-state index in [-0.39, 0.29) is 24.6 Å². The van der Waals surface area contributed by atoms with Gasteiger partial charge in [-0.25, -0.2) is 4.79 Å². The number of nitrogens with zero attached hydrogens (tertiary/aromatic N) is 1. The molecule has 1 heterocycles. The van der Waals surface area contributed by atoms with Crippen LogP contribution in [0.25, 0.3) is 0 Å². The summed E-state index contributed by atoms with van der Waals surface area (Å²) in [5, 5.41) is 23.1. The summed E-state index contributed by atoms with van der Waals surface area (Å²) in [5.41, 5.74) is 0.863. The number of thioether (sulfide) groups is 1. The summed E-state index contributed by atoms with van der Waals surface area (Å²) >= 11 is 1.35. The van der Waals surface area contributed by atoms with Crippen molar-refractivity contribution in [3.05, 3.63) is 35.9 Å². The summed E-state index contributed by atoms with van der Waals surface area (Å²) in [6.45, 7) is 5.40. The molecule has 1 aliphatic rings. The number of hydrogen-bond acceptors (Lipinski definition) is 5. The fraction of sp³-hybridized carbons (Fsp3) is 0.550. The van der Waals surface area contributed by atoms with E-state index in [1.165, 1.54) is 16.7 Å². The van der Waals surface area contributed by atoms with Crippen LogP contribution in [0.1, 0.15) is 39.2 Å². The van der Waals surface area contributed by atoms with Crippen molar-refractivity contribution in [3.8, 4) is 0 Å². The number of amides is 2. The fourth-order valence-electron chi connectivity index (χ4n) is 3.34. The molecule has 0 spiro atoms. The van der Waals surface area contributed by atoms with Crippen molar-refractivity contribution in [2.75, 3.05) is 5.88 Å². The maximum atomic E-state index is 13.0. The Hall–Kier alpha value is -2.06. The smallest absolute Gasteiger partial charge is 0.327 e. The first-order valence-corrected chi connectivity index (χ1v) is 10.3. The molecule has 3 atom stereocenters. The Morgan fingerprint density at radius 1 is 1.29 bits per heavy atom. The van der Waals surface area contributed by atoms with E-state index in [9.17, 15) is 24.6 Å². The van der Waals surface area contributed by atoms with Crippen LogP contribution in [0.15, 0.2) is 30.3 Å². The molecule has 2 amide bonds. The van der Waals surface area contributed by atoms with E-state index >= 15 is 0 Å². The van der Waals surface area contributed by atoms with Gasteiger partial charge in [0.1, 0.15) is 6.04 Å². The molecule has 3 N–H and O–H groups in total. The first-order chi connectivity index (χ1) is 13.2. The Bertz CT molecular complexity index is 710. The second kappa shape index (κ2) is 9.43. The van der Waals surface area contributed by atoms with Gasteiger partial charge in [-0.15, -0.1) is 11.8 Å². The van der Waals surface area contributed by atoms with Gasteiger partial charge < -0.3 is 20.4 Å². The van der Waals surface area contributed by atoms with Crippen molar-refractivity contribution in [2.45, 2.75) is 63.0 Å². The average Bonchev–Trinajstić information content (AvgIpc) is 2.96. The van der Waals surface area contributed by atoms with Gasteiger partial charge in [-0.05, 0) is 32.3 Å². The highest BCUT2D eigenvalue weighted by molar-refractivity contribution is 8.00. The summed E-state index contributed by atoms with van der Waals surface area (Å²) in [7, 11) is 0. The third kappa shape index (κ3) is 5.26. The third-order valence-electron chi connectivity index (χ3n) is 4.82. The highest BCUT2D eigenvalue weighted by Crippen LogP contribution is 2.39. The number of aliphatic carboxylic acids is 1. The molecule has 0 radical (unpaired) electrons. The van der Waals surface area contributed by atoms with Crippen molar-refractivity contribution >= 4 is 29.5 Å². The predicted octanol–water partition coefficient (Wildman–Crippen LogP) is 1.64. The third-order valence-corrected chi connectivity index (χ3v) is 6.19. The minimum Gasteiger partial charge on any atom is -0.480 e. The van der Waals surface area contributed by atoms with Crippen LogP contribution < -0.4 is 5.32 Å². The van der Waals surface area contributed by atoms with Gasteiger partial charge in [0.25, 0.3) is 5.91 Å². The number of carbonyl (C=O) groups excluding carboxylic acids is 2. The van der Waals surface area contributed by atoms with E-state index in [0.717, 1.165) is 5.56 Å². The van der Waals surface area contributed by atoms with Gasteiger partial charge in [0, 0.05) is 11.2 Å². The van der Waals surface area contributed by atoms with E-state index in [0.29, 0.717) is 6.42 Å². The van der Waals surface area contributed by atoms with Crippen molar-refractivity contribution in [1.29, 1.82) is 0 Å². The van der Waals surface area contributed by atoms with Crippen molar-refractivity contribution in [2.24, 2.45) is 0 Å². The molecule has 0 aliphatic carbocycles. The SMILES string of the molecule is CCCC(=O)N[C@@H](Cc1ccccc1)[C@H](O)C(=O)N1CSC(C)(C)[C@H]1C(=O)O. The van der Waals surface area contributed by atoms with Crippen molar-refractivity contribution < 1.29 is 24.6 Å². The first-order valence-electron chi connectivity index (χ1n) is 9.36. The number of aliphatic hydroxyl groups excluding tert-OH is 1. The molecule has 154 valence electrons. The van der Waals surface area contributed by atoms with Crippen LogP contribution in [0.5, 0.6) is 0 Å². The Morgan fingerprint density at radius 2 is 1.93 bits per heavy atom. The molecule has 2 rings (SSSR count). The topological polar surface area (TPSA) is 107 Å².